The molecule has 1 aromatic carbocycles. The third-order valence-corrected chi connectivity index (χ3v) is 2.71. The van der Waals surface area contributed by atoms with Crippen LogP contribution in [-0.4, -0.2) is 0 Å². The van der Waals surface area contributed by atoms with Crippen molar-refractivity contribution in [2.75, 3.05) is 0 Å². The third kappa shape index (κ3) is 3.85. The maximum absolute atomic E-state index is 13.5. The summed E-state index contributed by atoms with van der Waals surface area (Å²) in [5.74, 6) is -8.24. The number of benzene rings is 1. The summed E-state index contributed by atoms with van der Waals surface area (Å²) < 4.78 is 62.1. The molecule has 0 heterocycles. The highest BCUT2D eigenvalue weighted by molar-refractivity contribution is 7.94. The maximum atomic E-state index is 13.5. The smallest absolute Gasteiger partial charge is 0.205 e. The van der Waals surface area contributed by atoms with Gasteiger partial charge in [-0.1, -0.05) is 13.3 Å². The Bertz CT molecular complexity index is 467. The Morgan fingerprint density at radius 2 is 1.70 bits per heavy atom. The van der Waals surface area contributed by atoms with Crippen LogP contribution in [0.25, 0.3) is 0 Å². The van der Waals surface area contributed by atoms with Gasteiger partial charge in [0, 0.05) is 0 Å². The second kappa shape index (κ2) is 8.10. The van der Waals surface area contributed by atoms with E-state index in [0.29, 0.717) is 6.42 Å². The van der Waals surface area contributed by atoms with Gasteiger partial charge in [-0.25, -0.2) is 8.78 Å². The monoisotopic (exact) mass is 313 g/mol. The zero-order chi connectivity index (χ0) is 15.1. The van der Waals surface area contributed by atoms with E-state index in [0.717, 1.165) is 12.7 Å². The molecule has 0 amide bonds. The van der Waals surface area contributed by atoms with Gasteiger partial charge in [-0.05, 0) is 12.5 Å². The summed E-state index contributed by atoms with van der Waals surface area (Å²) in [6.45, 7) is 1.86. The van der Waals surface area contributed by atoms with Gasteiger partial charge in [0.2, 0.25) is 17.4 Å². The number of hydrogen-bond donors (Lipinski definition) is 0. The summed E-state index contributed by atoms with van der Waals surface area (Å²) in [4.78, 5) is -1.19. The lowest BCUT2D eigenvalue weighted by molar-refractivity contribution is -0.777. The van der Waals surface area contributed by atoms with Gasteiger partial charge in [0.05, 0.1) is 18.3 Å². The van der Waals surface area contributed by atoms with Crippen LogP contribution in [-0.2, 0) is 9.37 Å². The van der Waals surface area contributed by atoms with E-state index in [4.69, 9.17) is 0 Å². The average Bonchev–Trinajstić information content (AvgIpc) is 2.44. The summed E-state index contributed by atoms with van der Waals surface area (Å²) >= 11 is -0.296. The second-order valence-corrected chi connectivity index (χ2v) is 4.12. The topological polar surface area (TPSA) is 50.8 Å². The zero-order valence-electron chi connectivity index (χ0n) is 10.1. The lowest BCUT2D eigenvalue weighted by atomic mass is 10.3. The van der Waals surface area contributed by atoms with Gasteiger partial charge >= 0.3 is 0 Å². The van der Waals surface area contributed by atoms with Gasteiger partial charge in [-0.3, -0.25) is 5.04 Å². The fourth-order valence-corrected chi connectivity index (χ4v) is 1.59. The predicted octanol–water partition coefficient (Wildman–Crippen LogP) is 3.17. The van der Waals surface area contributed by atoms with Crippen molar-refractivity contribution in [1.82, 2.24) is 0 Å². The largest absolute Gasteiger partial charge is 0.691 e. The van der Waals surface area contributed by atoms with Crippen LogP contribution in [0, 0.1) is 23.3 Å². The molecular formula is C11H9F4O4S-. The molecule has 1 rings (SSSR count). The number of halogens is 4. The lowest BCUT2D eigenvalue weighted by Gasteiger charge is -2.10. The molecule has 0 aliphatic carbocycles. The first-order valence-corrected chi connectivity index (χ1v) is 6.09. The van der Waals surface area contributed by atoms with E-state index in [1.165, 1.54) is 6.08 Å². The van der Waals surface area contributed by atoms with E-state index in [1.54, 1.807) is 0 Å². The number of rotatable bonds is 7. The van der Waals surface area contributed by atoms with E-state index >= 15 is 0 Å². The Balaban J connectivity index is 3.08. The van der Waals surface area contributed by atoms with Gasteiger partial charge in [0.15, 0.2) is 11.6 Å². The normalized spacial score (nSPS) is 11.3. The molecule has 4 nitrogen and oxygen atoms in total. The Morgan fingerprint density at radius 3 is 2.20 bits per heavy atom. The van der Waals surface area contributed by atoms with Crippen molar-refractivity contribution < 1.29 is 36.9 Å². The van der Waals surface area contributed by atoms with Crippen molar-refractivity contribution in [2.45, 2.75) is 24.7 Å². The third-order valence-electron chi connectivity index (χ3n) is 2.07. The van der Waals surface area contributed by atoms with Gasteiger partial charge in [-0.15, -0.1) is 0 Å². The first-order valence-electron chi connectivity index (χ1n) is 5.35. The fourth-order valence-electron chi connectivity index (χ4n) is 1.17. The Labute approximate surface area is 116 Å². The molecule has 20 heavy (non-hydrogen) atoms. The van der Waals surface area contributed by atoms with Crippen LogP contribution in [0.3, 0.4) is 0 Å². The second-order valence-electron chi connectivity index (χ2n) is 3.41. The molecule has 0 radical (unpaired) electrons. The summed E-state index contributed by atoms with van der Waals surface area (Å²) in [5.41, 5.74) is 0. The van der Waals surface area contributed by atoms with Crippen LogP contribution < -0.4 is 9.99 Å². The minimum atomic E-state index is -1.76. The Hall–Kier alpha value is -1.29. The van der Waals surface area contributed by atoms with Crippen molar-refractivity contribution in [1.29, 1.82) is 0 Å². The number of unbranched alkanes of at least 4 members (excludes halogenated alkanes) is 1. The van der Waals surface area contributed by atoms with E-state index in [-0.39, 0.29) is 12.0 Å². The van der Waals surface area contributed by atoms with Gasteiger partial charge < -0.3 is 9.99 Å². The molecular weight excluding hydrogens is 304 g/mol. The fraction of sp³-hybridized carbons (Fsp3) is 0.273. The summed E-state index contributed by atoms with van der Waals surface area (Å²) in [6, 6.07) is 0. The van der Waals surface area contributed by atoms with Crippen molar-refractivity contribution in [3.05, 3.63) is 35.6 Å². The molecule has 0 atom stereocenters. The first-order chi connectivity index (χ1) is 9.54. The maximum Gasteiger partial charge on any atom is 0.205 e. The van der Waals surface area contributed by atoms with Crippen LogP contribution in [0.4, 0.5) is 17.6 Å². The molecule has 0 saturated heterocycles. The van der Waals surface area contributed by atoms with Crippen LogP contribution >= 0.6 is 12.0 Å². The van der Waals surface area contributed by atoms with E-state index in [1.807, 2.05) is 6.92 Å². The average molecular weight is 313 g/mol. The molecule has 1 aromatic rings. The van der Waals surface area contributed by atoms with Crippen molar-refractivity contribution in [3.8, 4) is 5.75 Å². The highest BCUT2D eigenvalue weighted by atomic mass is 32.2. The number of allylic oxidation sites excluding steroid dienone is 1. The highest BCUT2D eigenvalue weighted by Gasteiger charge is 2.27. The quantitative estimate of drug-likeness (QED) is 0.193. The van der Waals surface area contributed by atoms with E-state index in [2.05, 4.69) is 14.1 Å². The first kappa shape index (κ1) is 16.8. The zero-order valence-corrected chi connectivity index (χ0v) is 10.9. The Kier molecular flexibility index (Phi) is 6.79. The molecule has 0 spiro atoms. The molecule has 0 bridgehead atoms. The summed E-state index contributed by atoms with van der Waals surface area (Å²) in [6.07, 6.45) is 3.69. The number of hydrogen-bond acceptors (Lipinski definition) is 5. The molecule has 112 valence electrons. The van der Waals surface area contributed by atoms with Crippen LogP contribution in [0.1, 0.15) is 19.8 Å². The number of ether oxygens (including phenoxy) is 1. The summed E-state index contributed by atoms with van der Waals surface area (Å²) in [5, 5.41) is 12.4. The molecule has 0 aliphatic heterocycles. The molecule has 0 aromatic heterocycles. The minimum Gasteiger partial charge on any atom is -0.691 e. The van der Waals surface area contributed by atoms with Crippen molar-refractivity contribution in [2.24, 2.45) is 0 Å². The summed E-state index contributed by atoms with van der Waals surface area (Å²) in [7, 11) is 0. The molecule has 9 heteroatoms. The van der Waals surface area contributed by atoms with Gasteiger partial charge in [0.1, 0.15) is 4.90 Å². The van der Waals surface area contributed by atoms with Crippen LogP contribution in [0.5, 0.6) is 5.75 Å². The van der Waals surface area contributed by atoms with Crippen molar-refractivity contribution in [3.63, 3.8) is 0 Å². The van der Waals surface area contributed by atoms with Gasteiger partial charge in [0.25, 0.3) is 0 Å². The van der Waals surface area contributed by atoms with Crippen molar-refractivity contribution >= 4 is 12.0 Å². The SMILES string of the molecule is CCC/C=C/Oc1c(F)c(F)c(SOO[O-])c(F)c1F. The van der Waals surface area contributed by atoms with Crippen LogP contribution in [0.15, 0.2) is 17.2 Å². The highest BCUT2D eigenvalue weighted by Crippen LogP contribution is 2.35. The minimum absolute atomic E-state index is 0.296. The van der Waals surface area contributed by atoms with E-state index in [9.17, 15) is 22.8 Å². The molecule has 0 N–H and O–H groups in total. The lowest BCUT2D eigenvalue weighted by Crippen LogP contribution is -2.05. The van der Waals surface area contributed by atoms with Gasteiger partial charge in [-0.2, -0.15) is 13.1 Å². The van der Waals surface area contributed by atoms with Crippen LogP contribution in [0.2, 0.25) is 0 Å². The molecule has 0 unspecified atom stereocenters. The molecule has 0 fully saturated rings. The molecule has 0 aliphatic rings. The predicted molar refractivity (Wildman–Crippen MR) is 59.0 cm³/mol. The molecule has 0 saturated carbocycles. The van der Waals surface area contributed by atoms with E-state index < -0.39 is 33.9 Å². The standard InChI is InChI=1S/C11H10F4O4S/c1-2-3-4-5-17-10-6(12)8(14)11(20-19-18-16)9(15)7(10)13/h4-5,16H,2-3H2,1H3/p-1/b5-4+. The Morgan fingerprint density at radius 1 is 1.10 bits per heavy atom.